The molecule has 2 aromatic heterocycles. The lowest BCUT2D eigenvalue weighted by atomic mass is 9.69. The molecule has 70 heavy (non-hydrogen) atoms. The fraction of sp³-hybridized carbons (Fsp3) is 0.0588. The summed E-state index contributed by atoms with van der Waals surface area (Å²) in [6, 6.07) is 85.6. The van der Waals surface area contributed by atoms with Crippen LogP contribution in [-0.4, -0.2) is 0 Å². The Morgan fingerprint density at radius 1 is 0.471 bits per heavy atom. The summed E-state index contributed by atoms with van der Waals surface area (Å²) in [6.07, 6.45) is 2.39. The van der Waals surface area contributed by atoms with Crippen LogP contribution in [0.1, 0.15) is 72.7 Å². The van der Waals surface area contributed by atoms with E-state index in [0.717, 1.165) is 21.9 Å². The standard InChI is InChI=1S/C68H46OS/c1-42-19-9-10-24-48(42)55-39-44(36-35-43(55)2)40-56(45-20-5-3-6-21-45)47-37-38-59-57(41-47)49-25-11-14-31-58(49)68(59)60-32-18-29-53(64(60)67-65(68)52-27-13-16-34-62(52)70-67)63(46-22-7-4-8-23-46)54-30-17-28-51-50-26-12-15-33-61(50)69-66(51)54/h3-41,63H,1-2H3. The molecule has 2 aliphatic carbocycles. The number of thiophene rings is 1. The van der Waals surface area contributed by atoms with E-state index in [1.165, 1.54) is 115 Å². The summed E-state index contributed by atoms with van der Waals surface area (Å²) >= 11 is 1.94. The van der Waals surface area contributed by atoms with Gasteiger partial charge in [-0.25, -0.2) is 0 Å². The molecule has 0 saturated heterocycles. The highest BCUT2D eigenvalue weighted by Gasteiger charge is 2.54. The molecule has 2 unspecified atom stereocenters. The SMILES string of the molecule is Cc1ccccc1-c1cc(C=C(c2ccccc2)c2ccc3c(c2)-c2ccccc2C32c3cccc(C(c4ccccc4)c4cccc5c4oc4ccccc45)c3-c3sc4ccccc4c32)ccc1C. The van der Waals surface area contributed by atoms with Gasteiger partial charge in [0.15, 0.2) is 0 Å². The van der Waals surface area contributed by atoms with Gasteiger partial charge in [-0.2, -0.15) is 0 Å². The van der Waals surface area contributed by atoms with E-state index in [1.807, 2.05) is 11.3 Å². The topological polar surface area (TPSA) is 13.1 Å². The lowest BCUT2D eigenvalue weighted by Gasteiger charge is -2.31. The average Bonchev–Trinajstić information content (AvgIpc) is 4.15. The Bertz CT molecular complexity index is 4090. The van der Waals surface area contributed by atoms with Crippen molar-refractivity contribution in [1.29, 1.82) is 0 Å². The van der Waals surface area contributed by atoms with Gasteiger partial charge in [0.05, 0.1) is 5.41 Å². The molecule has 0 radical (unpaired) electrons. The number of hydrogen-bond acceptors (Lipinski definition) is 2. The summed E-state index contributed by atoms with van der Waals surface area (Å²) in [6.45, 7) is 4.42. The molecule has 0 bridgehead atoms. The Hall–Kier alpha value is -8.30. The van der Waals surface area contributed by atoms with Crippen LogP contribution in [0, 0.1) is 13.8 Å². The zero-order valence-corrected chi connectivity index (χ0v) is 39.7. The van der Waals surface area contributed by atoms with Crippen LogP contribution in [0.15, 0.2) is 235 Å². The molecule has 330 valence electrons. The van der Waals surface area contributed by atoms with E-state index in [1.54, 1.807) is 0 Å². The number of furan rings is 1. The van der Waals surface area contributed by atoms with Gasteiger partial charge in [-0.1, -0.05) is 206 Å². The molecule has 10 aromatic carbocycles. The molecular formula is C68H46OS. The monoisotopic (exact) mass is 910 g/mol. The summed E-state index contributed by atoms with van der Waals surface area (Å²) in [4.78, 5) is 1.35. The fourth-order valence-electron chi connectivity index (χ4n) is 12.3. The first-order valence-electron chi connectivity index (χ1n) is 24.4. The van der Waals surface area contributed by atoms with Crippen LogP contribution < -0.4 is 0 Å². The van der Waals surface area contributed by atoms with Crippen LogP contribution in [0.5, 0.6) is 0 Å². The van der Waals surface area contributed by atoms with Crippen molar-refractivity contribution in [2.24, 2.45) is 0 Å². The van der Waals surface area contributed by atoms with Crippen molar-refractivity contribution in [2.75, 3.05) is 0 Å². The number of aryl methyl sites for hydroxylation is 2. The number of para-hydroxylation sites is 2. The van der Waals surface area contributed by atoms with Crippen molar-refractivity contribution in [2.45, 2.75) is 25.2 Å². The molecule has 2 atom stereocenters. The maximum atomic E-state index is 6.86. The first-order chi connectivity index (χ1) is 34.6. The summed E-state index contributed by atoms with van der Waals surface area (Å²) in [5, 5.41) is 3.61. The van der Waals surface area contributed by atoms with Crippen LogP contribution in [-0.2, 0) is 5.41 Å². The third kappa shape index (κ3) is 5.97. The zero-order valence-electron chi connectivity index (χ0n) is 38.9. The van der Waals surface area contributed by atoms with Crippen molar-refractivity contribution in [3.8, 4) is 32.7 Å². The normalized spacial score (nSPS) is 15.1. The van der Waals surface area contributed by atoms with Crippen LogP contribution >= 0.6 is 11.3 Å². The van der Waals surface area contributed by atoms with Crippen molar-refractivity contribution in [3.05, 3.63) is 297 Å². The fourth-order valence-corrected chi connectivity index (χ4v) is 13.6. The van der Waals surface area contributed by atoms with Crippen LogP contribution in [0.4, 0.5) is 0 Å². The third-order valence-electron chi connectivity index (χ3n) is 15.3. The average molecular weight is 911 g/mol. The number of fused-ring (bicyclic) bond motifs is 15. The number of hydrogen-bond donors (Lipinski definition) is 0. The second-order valence-electron chi connectivity index (χ2n) is 19.1. The molecular weight excluding hydrogens is 865 g/mol. The van der Waals surface area contributed by atoms with Crippen LogP contribution in [0.3, 0.4) is 0 Å². The summed E-state index contributed by atoms with van der Waals surface area (Å²) < 4.78 is 8.17. The predicted octanol–water partition coefficient (Wildman–Crippen LogP) is 18.2. The van der Waals surface area contributed by atoms with E-state index >= 15 is 0 Å². The lowest BCUT2D eigenvalue weighted by Crippen LogP contribution is -2.26. The van der Waals surface area contributed by atoms with Crippen molar-refractivity contribution in [3.63, 3.8) is 0 Å². The van der Waals surface area contributed by atoms with Gasteiger partial charge in [0, 0.05) is 37.4 Å². The van der Waals surface area contributed by atoms with Gasteiger partial charge in [-0.05, 0) is 139 Å². The minimum absolute atomic E-state index is 0.0984. The summed E-state index contributed by atoms with van der Waals surface area (Å²) in [5.74, 6) is -0.0984. The van der Waals surface area contributed by atoms with Crippen molar-refractivity contribution in [1.82, 2.24) is 0 Å². The highest BCUT2D eigenvalue weighted by Crippen LogP contribution is 2.67. The molecule has 0 N–H and O–H groups in total. The minimum Gasteiger partial charge on any atom is -0.456 e. The molecule has 0 amide bonds. The molecule has 1 spiro atoms. The van der Waals surface area contributed by atoms with E-state index in [-0.39, 0.29) is 5.92 Å². The first kappa shape index (κ1) is 40.7. The molecule has 0 fully saturated rings. The van der Waals surface area contributed by atoms with Gasteiger partial charge in [0.25, 0.3) is 0 Å². The molecule has 14 rings (SSSR count). The maximum absolute atomic E-state index is 6.86. The summed E-state index contributed by atoms with van der Waals surface area (Å²) in [7, 11) is 0. The Morgan fingerprint density at radius 2 is 1.13 bits per heavy atom. The van der Waals surface area contributed by atoms with Gasteiger partial charge in [0.1, 0.15) is 11.2 Å². The number of rotatable bonds is 7. The van der Waals surface area contributed by atoms with Crippen molar-refractivity contribution >= 4 is 55.0 Å². The summed E-state index contributed by atoms with van der Waals surface area (Å²) in [5.41, 5.74) is 24.2. The Balaban J connectivity index is 1.02. The molecule has 2 heteroatoms. The maximum Gasteiger partial charge on any atom is 0.139 e. The van der Waals surface area contributed by atoms with E-state index in [9.17, 15) is 0 Å². The number of benzene rings is 10. The molecule has 2 heterocycles. The minimum atomic E-state index is -0.548. The third-order valence-corrected chi connectivity index (χ3v) is 16.5. The van der Waals surface area contributed by atoms with Gasteiger partial charge in [-0.3, -0.25) is 0 Å². The Morgan fingerprint density at radius 3 is 1.99 bits per heavy atom. The molecule has 2 aliphatic rings. The Kier molecular flexibility index (Phi) is 9.25. The quantitative estimate of drug-likeness (QED) is 0.115. The predicted molar refractivity (Wildman–Crippen MR) is 294 cm³/mol. The molecule has 0 saturated carbocycles. The van der Waals surface area contributed by atoms with E-state index in [0.29, 0.717) is 0 Å². The molecule has 1 nitrogen and oxygen atoms in total. The second kappa shape index (κ2) is 15.9. The highest BCUT2D eigenvalue weighted by molar-refractivity contribution is 7.22. The van der Waals surface area contributed by atoms with E-state index < -0.39 is 5.41 Å². The van der Waals surface area contributed by atoms with Crippen LogP contribution in [0.2, 0.25) is 0 Å². The van der Waals surface area contributed by atoms with Crippen LogP contribution in [0.25, 0.3) is 76.4 Å². The van der Waals surface area contributed by atoms with Crippen molar-refractivity contribution < 1.29 is 4.42 Å². The van der Waals surface area contributed by atoms with Gasteiger partial charge in [-0.15, -0.1) is 11.3 Å². The second-order valence-corrected chi connectivity index (χ2v) is 20.2. The zero-order chi connectivity index (χ0) is 46.5. The Labute approximate surface area is 412 Å². The highest BCUT2D eigenvalue weighted by atomic mass is 32.1. The molecule has 0 aliphatic heterocycles. The molecule has 12 aromatic rings. The van der Waals surface area contributed by atoms with Gasteiger partial charge < -0.3 is 4.42 Å². The largest absolute Gasteiger partial charge is 0.456 e. The van der Waals surface area contributed by atoms with Gasteiger partial charge >= 0.3 is 0 Å². The smallest absolute Gasteiger partial charge is 0.139 e. The first-order valence-corrected chi connectivity index (χ1v) is 25.2. The van der Waals surface area contributed by atoms with E-state index in [4.69, 9.17) is 4.42 Å². The lowest BCUT2D eigenvalue weighted by molar-refractivity contribution is 0.661. The van der Waals surface area contributed by atoms with Gasteiger partial charge in [0.2, 0.25) is 0 Å². The van der Waals surface area contributed by atoms with E-state index in [2.05, 4.69) is 250 Å².